The summed E-state index contributed by atoms with van der Waals surface area (Å²) in [6.07, 6.45) is 0.973. The van der Waals surface area contributed by atoms with Crippen molar-refractivity contribution in [3.8, 4) is 5.75 Å². The van der Waals surface area contributed by atoms with Crippen molar-refractivity contribution < 1.29 is 9.47 Å². The van der Waals surface area contributed by atoms with Gasteiger partial charge in [0.15, 0.2) is 5.96 Å². The van der Waals surface area contributed by atoms with Crippen LogP contribution in [0.25, 0.3) is 0 Å². The minimum atomic E-state index is 0.296. The summed E-state index contributed by atoms with van der Waals surface area (Å²) >= 11 is 0. The molecule has 0 radical (unpaired) electrons. The zero-order chi connectivity index (χ0) is 16.9. The lowest BCUT2D eigenvalue weighted by atomic mass is 10.0. The highest BCUT2D eigenvalue weighted by atomic mass is 16.5. The smallest absolute Gasteiger partial charge is 0.191 e. The number of rotatable bonds is 10. The van der Waals surface area contributed by atoms with E-state index in [4.69, 9.17) is 9.47 Å². The second-order valence-corrected chi connectivity index (χ2v) is 5.34. The Morgan fingerprint density at radius 1 is 1.22 bits per heavy atom. The molecule has 0 amide bonds. The van der Waals surface area contributed by atoms with E-state index in [0.29, 0.717) is 12.5 Å². The molecule has 2 N–H and O–H groups in total. The first kappa shape index (κ1) is 19.3. The van der Waals surface area contributed by atoms with Gasteiger partial charge in [0.1, 0.15) is 5.75 Å². The number of ether oxygens (including phenoxy) is 2. The fourth-order valence-electron chi connectivity index (χ4n) is 2.27. The van der Waals surface area contributed by atoms with Crippen LogP contribution >= 0.6 is 0 Å². The Morgan fingerprint density at radius 3 is 2.70 bits per heavy atom. The fraction of sp³-hybridized carbons (Fsp3) is 0.611. The molecule has 0 saturated carbocycles. The van der Waals surface area contributed by atoms with Gasteiger partial charge in [0, 0.05) is 38.8 Å². The first-order valence-corrected chi connectivity index (χ1v) is 8.45. The lowest BCUT2D eigenvalue weighted by Crippen LogP contribution is -2.38. The van der Waals surface area contributed by atoms with E-state index < -0.39 is 0 Å². The van der Waals surface area contributed by atoms with Crippen LogP contribution in [0.15, 0.2) is 29.3 Å². The van der Waals surface area contributed by atoms with Gasteiger partial charge in [0.25, 0.3) is 0 Å². The summed E-state index contributed by atoms with van der Waals surface area (Å²) < 4.78 is 10.8. The highest BCUT2D eigenvalue weighted by molar-refractivity contribution is 5.79. The first-order valence-electron chi connectivity index (χ1n) is 8.45. The van der Waals surface area contributed by atoms with Crippen LogP contribution in [-0.2, 0) is 4.74 Å². The summed E-state index contributed by atoms with van der Waals surface area (Å²) in [5, 5.41) is 6.62. The highest BCUT2D eigenvalue weighted by Crippen LogP contribution is 2.26. The molecule has 0 spiro atoms. The summed E-state index contributed by atoms with van der Waals surface area (Å²) in [6.45, 7) is 10.2. The van der Waals surface area contributed by atoms with Crippen LogP contribution in [0, 0.1) is 0 Å². The van der Waals surface area contributed by atoms with Crippen molar-refractivity contribution in [2.45, 2.75) is 33.1 Å². The van der Waals surface area contributed by atoms with E-state index in [0.717, 1.165) is 44.4 Å². The summed E-state index contributed by atoms with van der Waals surface area (Å²) in [7, 11) is 1.71. The van der Waals surface area contributed by atoms with Crippen LogP contribution in [0.5, 0.6) is 5.75 Å². The SMILES string of the molecule is CCNC(=NCC(C)c1ccccc1OC)NCCCOCC. The molecular weight excluding hydrogens is 290 g/mol. The van der Waals surface area contributed by atoms with Gasteiger partial charge in [-0.25, -0.2) is 0 Å². The van der Waals surface area contributed by atoms with Gasteiger partial charge in [-0.1, -0.05) is 25.1 Å². The number of hydrogen-bond acceptors (Lipinski definition) is 3. The molecule has 1 rings (SSSR count). The molecule has 0 aromatic heterocycles. The maximum atomic E-state index is 5.43. The quantitative estimate of drug-likeness (QED) is 0.395. The lowest BCUT2D eigenvalue weighted by Gasteiger charge is -2.15. The van der Waals surface area contributed by atoms with E-state index in [9.17, 15) is 0 Å². The van der Waals surface area contributed by atoms with Gasteiger partial charge >= 0.3 is 0 Å². The van der Waals surface area contributed by atoms with Crippen LogP contribution in [0.2, 0.25) is 0 Å². The minimum absolute atomic E-state index is 0.296. The number of nitrogens with zero attached hydrogens (tertiary/aromatic N) is 1. The minimum Gasteiger partial charge on any atom is -0.496 e. The average molecular weight is 321 g/mol. The molecule has 5 nitrogen and oxygen atoms in total. The van der Waals surface area contributed by atoms with Crippen LogP contribution in [-0.4, -0.2) is 45.9 Å². The molecule has 130 valence electrons. The highest BCUT2D eigenvalue weighted by Gasteiger charge is 2.10. The largest absolute Gasteiger partial charge is 0.496 e. The van der Waals surface area contributed by atoms with E-state index in [-0.39, 0.29) is 0 Å². The number of guanidine groups is 1. The Morgan fingerprint density at radius 2 is 2.00 bits per heavy atom. The number of benzene rings is 1. The van der Waals surface area contributed by atoms with Crippen LogP contribution in [0.3, 0.4) is 0 Å². The predicted molar refractivity (Wildman–Crippen MR) is 96.5 cm³/mol. The molecule has 0 aliphatic rings. The standard InChI is InChI=1S/C18H31N3O2/c1-5-19-18(20-12-9-13-23-6-2)21-14-15(3)16-10-7-8-11-17(16)22-4/h7-8,10-11,15H,5-6,9,12-14H2,1-4H3,(H2,19,20,21). The normalized spacial score (nSPS) is 12.8. The predicted octanol–water partition coefficient (Wildman–Crippen LogP) is 2.78. The first-order chi connectivity index (χ1) is 11.2. The molecule has 0 fully saturated rings. The van der Waals surface area contributed by atoms with Crippen molar-refractivity contribution in [3.63, 3.8) is 0 Å². The Bertz CT molecular complexity index is 463. The Labute approximate surface area is 140 Å². The number of nitrogens with one attached hydrogen (secondary N) is 2. The monoisotopic (exact) mass is 321 g/mol. The molecule has 1 atom stereocenters. The van der Waals surface area contributed by atoms with Gasteiger partial charge in [0.05, 0.1) is 7.11 Å². The third-order valence-corrected chi connectivity index (χ3v) is 3.50. The third-order valence-electron chi connectivity index (χ3n) is 3.50. The van der Waals surface area contributed by atoms with E-state index in [2.05, 4.69) is 35.5 Å². The molecule has 0 bridgehead atoms. The second kappa shape index (κ2) is 11.8. The zero-order valence-electron chi connectivity index (χ0n) is 14.9. The van der Waals surface area contributed by atoms with Crippen molar-refractivity contribution in [2.24, 2.45) is 4.99 Å². The number of aliphatic imine (C=N–C) groups is 1. The molecule has 5 heteroatoms. The van der Waals surface area contributed by atoms with E-state index in [1.54, 1.807) is 7.11 Å². The molecule has 0 aliphatic heterocycles. The van der Waals surface area contributed by atoms with Crippen molar-refractivity contribution >= 4 is 5.96 Å². The summed E-state index contributed by atoms with van der Waals surface area (Å²) in [5.41, 5.74) is 1.19. The lowest BCUT2D eigenvalue weighted by molar-refractivity contribution is 0.145. The Kier molecular flexibility index (Phi) is 9.87. The molecular formula is C18H31N3O2. The molecule has 0 aliphatic carbocycles. The third kappa shape index (κ3) is 7.37. The van der Waals surface area contributed by atoms with Crippen LogP contribution in [0.1, 0.15) is 38.7 Å². The maximum absolute atomic E-state index is 5.43. The van der Waals surface area contributed by atoms with Gasteiger partial charge in [-0.2, -0.15) is 0 Å². The number of hydrogen-bond donors (Lipinski definition) is 2. The summed E-state index contributed by atoms with van der Waals surface area (Å²) in [6, 6.07) is 8.12. The maximum Gasteiger partial charge on any atom is 0.191 e. The van der Waals surface area contributed by atoms with E-state index in [1.165, 1.54) is 5.56 Å². The van der Waals surface area contributed by atoms with E-state index in [1.807, 2.05) is 25.1 Å². The van der Waals surface area contributed by atoms with Gasteiger partial charge in [-0.05, 0) is 31.9 Å². The molecule has 1 aromatic carbocycles. The van der Waals surface area contributed by atoms with Crippen molar-refractivity contribution in [2.75, 3.05) is 40.0 Å². The van der Waals surface area contributed by atoms with Crippen LogP contribution < -0.4 is 15.4 Å². The number of para-hydroxylation sites is 1. The zero-order valence-corrected chi connectivity index (χ0v) is 14.9. The topological polar surface area (TPSA) is 54.9 Å². The Balaban J connectivity index is 2.54. The van der Waals surface area contributed by atoms with Gasteiger partial charge in [-0.15, -0.1) is 0 Å². The molecule has 23 heavy (non-hydrogen) atoms. The molecule has 0 heterocycles. The Hall–Kier alpha value is -1.75. The van der Waals surface area contributed by atoms with Crippen molar-refractivity contribution in [1.29, 1.82) is 0 Å². The average Bonchev–Trinajstić information content (AvgIpc) is 2.59. The summed E-state index contributed by atoms with van der Waals surface area (Å²) in [5.74, 6) is 2.07. The van der Waals surface area contributed by atoms with E-state index >= 15 is 0 Å². The molecule has 1 aromatic rings. The van der Waals surface area contributed by atoms with Gasteiger partial charge in [0.2, 0.25) is 0 Å². The van der Waals surface area contributed by atoms with Crippen LogP contribution in [0.4, 0.5) is 0 Å². The van der Waals surface area contributed by atoms with Gasteiger partial charge in [-0.3, -0.25) is 4.99 Å². The number of methoxy groups -OCH3 is 1. The van der Waals surface area contributed by atoms with Gasteiger partial charge < -0.3 is 20.1 Å². The van der Waals surface area contributed by atoms with Crippen molar-refractivity contribution in [1.82, 2.24) is 10.6 Å². The molecule has 1 unspecified atom stereocenters. The molecule has 0 saturated heterocycles. The summed E-state index contributed by atoms with van der Waals surface area (Å²) in [4.78, 5) is 4.68. The van der Waals surface area contributed by atoms with Crippen molar-refractivity contribution in [3.05, 3.63) is 29.8 Å². The fourth-order valence-corrected chi connectivity index (χ4v) is 2.27. The second-order valence-electron chi connectivity index (χ2n) is 5.34.